The van der Waals surface area contributed by atoms with Gasteiger partial charge in [0.2, 0.25) is 5.88 Å². The fraction of sp³-hybridized carbons (Fsp3) is 0.400. The number of aliphatic imine (C=N–C) groups is 1. The Balaban J connectivity index is 0.00000364. The third kappa shape index (κ3) is 8.03. The smallest absolute Gasteiger partial charge is 0.219 e. The lowest BCUT2D eigenvalue weighted by atomic mass is 10.3. The number of nitrogens with one attached hydrogen (secondary N) is 2. The molecule has 1 aromatic heterocycles. The molecular formula is C20H29IN4O2. The summed E-state index contributed by atoms with van der Waals surface area (Å²) in [5, 5.41) is 6.52. The van der Waals surface area contributed by atoms with E-state index in [4.69, 9.17) is 9.47 Å². The van der Waals surface area contributed by atoms with Crippen molar-refractivity contribution in [3.63, 3.8) is 0 Å². The maximum absolute atomic E-state index is 5.84. The number of nitrogens with zero attached hydrogens (tertiary/aromatic N) is 2. The predicted octanol–water partition coefficient (Wildman–Crippen LogP) is 4.35. The van der Waals surface area contributed by atoms with Gasteiger partial charge in [0.15, 0.2) is 17.5 Å². The van der Waals surface area contributed by atoms with Gasteiger partial charge < -0.3 is 20.1 Å². The van der Waals surface area contributed by atoms with Gasteiger partial charge in [-0.25, -0.2) is 9.98 Å². The Hall–Kier alpha value is -2.03. The summed E-state index contributed by atoms with van der Waals surface area (Å²) in [5.41, 5.74) is 1.01. The van der Waals surface area contributed by atoms with E-state index in [0.717, 1.165) is 18.1 Å². The second kappa shape index (κ2) is 12.4. The first-order valence-electron chi connectivity index (χ1n) is 9.01. The highest BCUT2D eigenvalue weighted by Gasteiger charge is 2.06. The van der Waals surface area contributed by atoms with Crippen molar-refractivity contribution in [3.8, 4) is 17.4 Å². The van der Waals surface area contributed by atoms with E-state index in [9.17, 15) is 0 Å². The number of benzene rings is 1. The Morgan fingerprint density at radius 3 is 2.44 bits per heavy atom. The average molecular weight is 484 g/mol. The molecule has 6 nitrogen and oxygen atoms in total. The van der Waals surface area contributed by atoms with Crippen molar-refractivity contribution in [3.05, 3.63) is 48.2 Å². The second-order valence-corrected chi connectivity index (χ2v) is 5.98. The van der Waals surface area contributed by atoms with Gasteiger partial charge >= 0.3 is 0 Å². The lowest BCUT2D eigenvalue weighted by molar-refractivity contribution is 0.319. The molecule has 0 atom stereocenters. The zero-order valence-electron chi connectivity index (χ0n) is 16.4. The molecule has 0 saturated carbocycles. The summed E-state index contributed by atoms with van der Waals surface area (Å²) in [6, 6.07) is 11.7. The fourth-order valence-electron chi connectivity index (χ4n) is 2.25. The fourth-order valence-corrected chi connectivity index (χ4v) is 2.25. The SMILES string of the molecule is CCNC(=NCc1ccc(Oc2ccccc2OCC)nc1)NC(C)C.I. The van der Waals surface area contributed by atoms with Crippen molar-refractivity contribution in [1.29, 1.82) is 0 Å². The van der Waals surface area contributed by atoms with Crippen LogP contribution in [0, 0.1) is 0 Å². The quantitative estimate of drug-likeness (QED) is 0.331. The zero-order chi connectivity index (χ0) is 18.8. The maximum atomic E-state index is 5.84. The van der Waals surface area contributed by atoms with Crippen LogP contribution in [0.3, 0.4) is 0 Å². The number of pyridine rings is 1. The van der Waals surface area contributed by atoms with Crippen LogP contribution < -0.4 is 20.1 Å². The molecule has 0 aliphatic heterocycles. The minimum Gasteiger partial charge on any atom is -0.490 e. The van der Waals surface area contributed by atoms with E-state index in [-0.39, 0.29) is 24.0 Å². The van der Waals surface area contributed by atoms with Crippen LogP contribution in [-0.4, -0.2) is 30.1 Å². The van der Waals surface area contributed by atoms with E-state index < -0.39 is 0 Å². The van der Waals surface area contributed by atoms with Gasteiger partial charge in [0.25, 0.3) is 0 Å². The molecule has 0 saturated heterocycles. The van der Waals surface area contributed by atoms with Gasteiger partial charge in [0.1, 0.15) is 0 Å². The molecule has 1 heterocycles. The van der Waals surface area contributed by atoms with Crippen LogP contribution in [-0.2, 0) is 6.54 Å². The molecule has 0 aliphatic rings. The van der Waals surface area contributed by atoms with E-state index in [0.29, 0.717) is 36.6 Å². The minimum atomic E-state index is 0. The number of rotatable bonds is 8. The first-order valence-corrected chi connectivity index (χ1v) is 9.01. The third-order valence-corrected chi connectivity index (χ3v) is 3.35. The van der Waals surface area contributed by atoms with E-state index >= 15 is 0 Å². The number of hydrogen-bond acceptors (Lipinski definition) is 4. The van der Waals surface area contributed by atoms with Crippen molar-refractivity contribution in [2.45, 2.75) is 40.3 Å². The summed E-state index contributed by atoms with van der Waals surface area (Å²) in [4.78, 5) is 8.94. The number of guanidine groups is 1. The van der Waals surface area contributed by atoms with Crippen molar-refractivity contribution < 1.29 is 9.47 Å². The standard InChI is InChI=1S/C20H28N4O2.HI/c1-5-21-20(24-15(3)4)23-14-16-11-12-19(22-13-16)26-18-10-8-7-9-17(18)25-6-2;/h7-13,15H,5-6,14H2,1-4H3,(H2,21,23,24);1H. The Bertz CT molecular complexity index is 705. The lowest BCUT2D eigenvalue weighted by Crippen LogP contribution is -2.40. The van der Waals surface area contributed by atoms with E-state index in [1.54, 1.807) is 6.20 Å². The van der Waals surface area contributed by atoms with Gasteiger partial charge in [0, 0.05) is 24.8 Å². The van der Waals surface area contributed by atoms with Gasteiger partial charge in [-0.15, -0.1) is 24.0 Å². The summed E-state index contributed by atoms with van der Waals surface area (Å²) in [7, 11) is 0. The van der Waals surface area contributed by atoms with Crippen LogP contribution in [0.15, 0.2) is 47.6 Å². The highest BCUT2D eigenvalue weighted by atomic mass is 127. The lowest BCUT2D eigenvalue weighted by Gasteiger charge is -2.14. The Kier molecular flexibility index (Phi) is 10.5. The minimum absolute atomic E-state index is 0. The average Bonchev–Trinajstić information content (AvgIpc) is 2.62. The maximum Gasteiger partial charge on any atom is 0.219 e. The summed E-state index contributed by atoms with van der Waals surface area (Å²) >= 11 is 0. The van der Waals surface area contributed by atoms with Crippen molar-refractivity contribution in [2.24, 2.45) is 4.99 Å². The first-order chi connectivity index (χ1) is 12.6. The molecule has 7 heteroatoms. The molecule has 0 amide bonds. The van der Waals surface area contributed by atoms with Crippen molar-refractivity contribution in [2.75, 3.05) is 13.2 Å². The highest BCUT2D eigenvalue weighted by Crippen LogP contribution is 2.30. The van der Waals surface area contributed by atoms with Crippen LogP contribution in [0.25, 0.3) is 0 Å². The number of hydrogen-bond donors (Lipinski definition) is 2. The number of aromatic nitrogens is 1. The summed E-state index contributed by atoms with van der Waals surface area (Å²) in [6.45, 7) is 10.1. The largest absolute Gasteiger partial charge is 0.490 e. The van der Waals surface area contributed by atoms with Crippen LogP contribution in [0.5, 0.6) is 17.4 Å². The molecule has 0 fully saturated rings. The molecular weight excluding hydrogens is 455 g/mol. The molecule has 0 radical (unpaired) electrons. The van der Waals surface area contributed by atoms with Crippen LogP contribution in [0.4, 0.5) is 0 Å². The van der Waals surface area contributed by atoms with Gasteiger partial charge in [-0.05, 0) is 45.4 Å². The second-order valence-electron chi connectivity index (χ2n) is 5.98. The van der Waals surface area contributed by atoms with Crippen LogP contribution >= 0.6 is 24.0 Å². The predicted molar refractivity (Wildman–Crippen MR) is 120 cm³/mol. The van der Waals surface area contributed by atoms with Gasteiger partial charge in [-0.1, -0.05) is 18.2 Å². The Labute approximate surface area is 178 Å². The van der Waals surface area contributed by atoms with Crippen molar-refractivity contribution >= 4 is 29.9 Å². The van der Waals surface area contributed by atoms with Gasteiger partial charge in [-0.2, -0.15) is 0 Å². The van der Waals surface area contributed by atoms with Crippen LogP contribution in [0.1, 0.15) is 33.3 Å². The van der Waals surface area contributed by atoms with Crippen molar-refractivity contribution in [1.82, 2.24) is 15.6 Å². The summed E-state index contributed by atoms with van der Waals surface area (Å²) in [6.07, 6.45) is 1.78. The van der Waals surface area contributed by atoms with Gasteiger partial charge in [0.05, 0.1) is 13.2 Å². The highest BCUT2D eigenvalue weighted by molar-refractivity contribution is 14.0. The van der Waals surface area contributed by atoms with Crippen LogP contribution in [0.2, 0.25) is 0 Å². The topological polar surface area (TPSA) is 67.8 Å². The third-order valence-electron chi connectivity index (χ3n) is 3.35. The first kappa shape index (κ1) is 23.0. The molecule has 0 spiro atoms. The molecule has 27 heavy (non-hydrogen) atoms. The molecule has 0 bridgehead atoms. The number of halogens is 1. The van der Waals surface area contributed by atoms with E-state index in [2.05, 4.69) is 34.5 Å². The Morgan fingerprint density at radius 2 is 1.85 bits per heavy atom. The monoisotopic (exact) mass is 484 g/mol. The number of ether oxygens (including phenoxy) is 2. The molecule has 2 aromatic rings. The molecule has 1 aromatic carbocycles. The molecule has 2 rings (SSSR count). The van der Waals surface area contributed by atoms with Gasteiger partial charge in [-0.3, -0.25) is 0 Å². The molecule has 0 unspecified atom stereocenters. The molecule has 2 N–H and O–H groups in total. The zero-order valence-corrected chi connectivity index (χ0v) is 18.7. The molecule has 0 aliphatic carbocycles. The summed E-state index contributed by atoms with van der Waals surface area (Å²) < 4.78 is 11.4. The molecule has 148 valence electrons. The summed E-state index contributed by atoms with van der Waals surface area (Å²) in [5.74, 6) is 2.69. The normalized spacial score (nSPS) is 10.9. The van der Waals surface area contributed by atoms with E-state index in [1.807, 2.05) is 50.2 Å². The number of para-hydroxylation sites is 2. The Morgan fingerprint density at radius 1 is 1.11 bits per heavy atom. The van der Waals surface area contributed by atoms with E-state index in [1.165, 1.54) is 0 Å².